The van der Waals surface area contributed by atoms with E-state index >= 15 is 0 Å². The maximum Gasteiger partial charge on any atom is 0.352 e. The fraction of sp³-hybridized carbons (Fsp3) is 0.400. The molecule has 2 rings (SSSR count). The Hall–Kier alpha value is -2.02. The molecule has 1 saturated heterocycles. The third-order valence-corrected chi connectivity index (χ3v) is 4.56. The standard InChI is InChI=1S/C15H18N2O4S/c1-3-21-14(20)15(13(19)17(2)9-12(18)16-15)22-10-11-7-5-4-6-8-11/h4-8H,3,9-10H2,1-2H3,(H,16,18). The molecular formula is C15H18N2O4S. The SMILES string of the molecule is CCOC(=O)C1(SCc2ccccc2)NC(=O)CN(C)C1=O. The van der Waals surface area contributed by atoms with E-state index in [2.05, 4.69) is 5.32 Å². The predicted molar refractivity (Wildman–Crippen MR) is 82.9 cm³/mol. The van der Waals surface area contributed by atoms with Gasteiger partial charge in [-0.05, 0) is 12.5 Å². The summed E-state index contributed by atoms with van der Waals surface area (Å²) in [5.41, 5.74) is 0.950. The molecule has 6 nitrogen and oxygen atoms in total. The van der Waals surface area contributed by atoms with Crippen LogP contribution in [0.2, 0.25) is 0 Å². The first kappa shape index (κ1) is 16.4. The number of carbonyl (C=O) groups is 3. The summed E-state index contributed by atoms with van der Waals surface area (Å²) in [6, 6.07) is 9.42. The van der Waals surface area contributed by atoms with Crippen molar-refractivity contribution in [1.29, 1.82) is 0 Å². The Morgan fingerprint density at radius 3 is 2.68 bits per heavy atom. The quantitative estimate of drug-likeness (QED) is 0.640. The number of thioether (sulfide) groups is 1. The summed E-state index contributed by atoms with van der Waals surface area (Å²) < 4.78 is 5.02. The fourth-order valence-electron chi connectivity index (χ4n) is 2.14. The zero-order chi connectivity index (χ0) is 16.2. The molecule has 1 aliphatic heterocycles. The highest BCUT2D eigenvalue weighted by atomic mass is 32.2. The van der Waals surface area contributed by atoms with Gasteiger partial charge in [0.2, 0.25) is 5.91 Å². The van der Waals surface area contributed by atoms with Crippen molar-refractivity contribution in [3.05, 3.63) is 35.9 Å². The third-order valence-electron chi connectivity index (χ3n) is 3.21. The lowest BCUT2D eigenvalue weighted by atomic mass is 10.2. The lowest BCUT2D eigenvalue weighted by molar-refractivity contribution is -0.159. The minimum Gasteiger partial charge on any atom is -0.463 e. The largest absolute Gasteiger partial charge is 0.463 e. The topological polar surface area (TPSA) is 75.7 Å². The first-order valence-electron chi connectivity index (χ1n) is 6.91. The van der Waals surface area contributed by atoms with Crippen molar-refractivity contribution >= 4 is 29.5 Å². The molecule has 1 aliphatic rings. The van der Waals surface area contributed by atoms with E-state index in [1.54, 1.807) is 6.92 Å². The average Bonchev–Trinajstić information content (AvgIpc) is 2.50. The number of amides is 2. The number of rotatable bonds is 5. The van der Waals surface area contributed by atoms with Crippen LogP contribution in [0.5, 0.6) is 0 Å². The maximum atomic E-state index is 12.5. The van der Waals surface area contributed by atoms with E-state index in [0.29, 0.717) is 5.75 Å². The van der Waals surface area contributed by atoms with Crippen molar-refractivity contribution < 1.29 is 19.1 Å². The molecule has 0 saturated carbocycles. The third kappa shape index (κ3) is 3.24. The van der Waals surface area contributed by atoms with Crippen molar-refractivity contribution in [3.8, 4) is 0 Å². The van der Waals surface area contributed by atoms with Gasteiger partial charge in [0.25, 0.3) is 10.8 Å². The number of piperazine rings is 1. The van der Waals surface area contributed by atoms with Gasteiger partial charge in [-0.3, -0.25) is 9.59 Å². The highest BCUT2D eigenvalue weighted by Crippen LogP contribution is 2.31. The molecule has 1 fully saturated rings. The normalized spacial score (nSPS) is 21.5. The summed E-state index contributed by atoms with van der Waals surface area (Å²) in [6.07, 6.45) is 0. The molecule has 1 aromatic carbocycles. The summed E-state index contributed by atoms with van der Waals surface area (Å²) in [5.74, 6) is -1.18. The Balaban J connectivity index is 2.27. The van der Waals surface area contributed by atoms with Crippen LogP contribution < -0.4 is 5.32 Å². The molecule has 2 amide bonds. The molecule has 22 heavy (non-hydrogen) atoms. The number of likely N-dealkylation sites (N-methyl/N-ethyl adjacent to an activating group) is 1. The zero-order valence-electron chi connectivity index (χ0n) is 12.5. The summed E-state index contributed by atoms with van der Waals surface area (Å²) >= 11 is 1.06. The smallest absolute Gasteiger partial charge is 0.352 e. The van der Waals surface area contributed by atoms with Gasteiger partial charge < -0.3 is 15.0 Å². The predicted octanol–water partition coefficient (Wildman–Crippen LogP) is 0.767. The van der Waals surface area contributed by atoms with Crippen LogP contribution in [0.1, 0.15) is 12.5 Å². The summed E-state index contributed by atoms with van der Waals surface area (Å²) in [7, 11) is 1.50. The molecule has 1 N–H and O–H groups in total. The van der Waals surface area contributed by atoms with Crippen LogP contribution >= 0.6 is 11.8 Å². The van der Waals surface area contributed by atoms with Gasteiger partial charge >= 0.3 is 5.97 Å². The zero-order valence-corrected chi connectivity index (χ0v) is 13.3. The molecule has 0 aliphatic carbocycles. The molecule has 1 aromatic rings. The van der Waals surface area contributed by atoms with Gasteiger partial charge in [-0.15, -0.1) is 11.8 Å². The van der Waals surface area contributed by atoms with E-state index in [9.17, 15) is 14.4 Å². The first-order valence-corrected chi connectivity index (χ1v) is 7.90. The van der Waals surface area contributed by atoms with Crippen LogP contribution in [0.4, 0.5) is 0 Å². The van der Waals surface area contributed by atoms with Gasteiger partial charge in [0, 0.05) is 12.8 Å². The van der Waals surface area contributed by atoms with Crippen LogP contribution in [-0.2, 0) is 24.9 Å². The Kier molecular flexibility index (Phi) is 5.07. The highest BCUT2D eigenvalue weighted by molar-refractivity contribution is 8.01. The number of carbonyl (C=O) groups excluding carboxylic acids is 3. The van der Waals surface area contributed by atoms with E-state index in [-0.39, 0.29) is 19.1 Å². The number of hydrogen-bond acceptors (Lipinski definition) is 5. The average molecular weight is 322 g/mol. The maximum absolute atomic E-state index is 12.5. The van der Waals surface area contributed by atoms with Gasteiger partial charge in [-0.2, -0.15) is 0 Å². The van der Waals surface area contributed by atoms with E-state index in [4.69, 9.17) is 4.74 Å². The van der Waals surface area contributed by atoms with Crippen LogP contribution in [0.25, 0.3) is 0 Å². The Morgan fingerprint density at radius 2 is 2.05 bits per heavy atom. The number of nitrogens with one attached hydrogen (secondary N) is 1. The Bertz CT molecular complexity index is 578. The molecular weight excluding hydrogens is 304 g/mol. The molecule has 0 radical (unpaired) electrons. The number of benzene rings is 1. The molecule has 118 valence electrons. The van der Waals surface area contributed by atoms with Crippen LogP contribution in [0.15, 0.2) is 30.3 Å². The van der Waals surface area contributed by atoms with E-state index in [0.717, 1.165) is 17.3 Å². The summed E-state index contributed by atoms with van der Waals surface area (Å²) in [4.78, 5) is 36.2. The molecule has 0 spiro atoms. The number of esters is 1. The lowest BCUT2D eigenvalue weighted by Crippen LogP contribution is -2.68. The Labute approximate surface area is 133 Å². The van der Waals surface area contributed by atoms with Crippen molar-refractivity contribution in [2.24, 2.45) is 0 Å². The van der Waals surface area contributed by atoms with Gasteiger partial charge in [-0.1, -0.05) is 30.3 Å². The van der Waals surface area contributed by atoms with Gasteiger partial charge in [0.15, 0.2) is 0 Å². The van der Waals surface area contributed by atoms with Gasteiger partial charge in [0.1, 0.15) is 0 Å². The number of nitrogens with zero attached hydrogens (tertiary/aromatic N) is 1. The van der Waals surface area contributed by atoms with Crippen molar-refractivity contribution in [2.45, 2.75) is 17.5 Å². The van der Waals surface area contributed by atoms with Crippen LogP contribution in [0, 0.1) is 0 Å². The summed E-state index contributed by atoms with van der Waals surface area (Å²) in [5, 5.41) is 2.52. The molecule has 0 aromatic heterocycles. The highest BCUT2D eigenvalue weighted by Gasteiger charge is 2.53. The molecule has 0 bridgehead atoms. The molecule has 1 unspecified atom stereocenters. The summed E-state index contributed by atoms with van der Waals surface area (Å²) in [6.45, 7) is 1.73. The van der Waals surface area contributed by atoms with Gasteiger partial charge in [-0.25, -0.2) is 4.79 Å². The second kappa shape index (κ2) is 6.83. The van der Waals surface area contributed by atoms with Crippen LogP contribution in [-0.4, -0.2) is 47.8 Å². The van der Waals surface area contributed by atoms with E-state index in [1.165, 1.54) is 11.9 Å². The number of ether oxygens (including phenoxy) is 1. The molecule has 7 heteroatoms. The van der Waals surface area contributed by atoms with Crippen molar-refractivity contribution in [1.82, 2.24) is 10.2 Å². The molecule has 1 heterocycles. The van der Waals surface area contributed by atoms with E-state index in [1.807, 2.05) is 30.3 Å². The Morgan fingerprint density at radius 1 is 1.36 bits per heavy atom. The first-order chi connectivity index (χ1) is 10.5. The van der Waals surface area contributed by atoms with Crippen molar-refractivity contribution in [3.63, 3.8) is 0 Å². The monoisotopic (exact) mass is 322 g/mol. The van der Waals surface area contributed by atoms with Gasteiger partial charge in [0.05, 0.1) is 13.2 Å². The second-order valence-corrected chi connectivity index (χ2v) is 6.08. The minimum absolute atomic E-state index is 0.0636. The molecule has 1 atom stereocenters. The fourth-order valence-corrected chi connectivity index (χ4v) is 3.36. The minimum atomic E-state index is -1.71. The van der Waals surface area contributed by atoms with E-state index < -0.39 is 16.7 Å². The lowest BCUT2D eigenvalue weighted by Gasteiger charge is -2.37. The van der Waals surface area contributed by atoms with Crippen LogP contribution in [0.3, 0.4) is 0 Å². The van der Waals surface area contributed by atoms with Crippen molar-refractivity contribution in [2.75, 3.05) is 20.2 Å². The second-order valence-electron chi connectivity index (χ2n) is 4.89. The number of hydrogen-bond donors (Lipinski definition) is 1.